The molecule has 2 amide bonds. The van der Waals surface area contributed by atoms with Crippen molar-refractivity contribution in [3.8, 4) is 6.19 Å². The van der Waals surface area contributed by atoms with Crippen LogP contribution < -0.4 is 10.6 Å². The maximum Gasteiger partial charge on any atom is 0.245 e. The summed E-state index contributed by atoms with van der Waals surface area (Å²) in [6.07, 6.45) is 7.09. The van der Waals surface area contributed by atoms with Gasteiger partial charge in [-0.15, -0.1) is 0 Å². The van der Waals surface area contributed by atoms with Gasteiger partial charge in [0.1, 0.15) is 6.04 Å². The van der Waals surface area contributed by atoms with E-state index in [2.05, 4.69) is 15.6 Å². The molecule has 0 aromatic heterocycles. The van der Waals surface area contributed by atoms with Gasteiger partial charge < -0.3 is 15.1 Å². The molecule has 2 aliphatic heterocycles. The third kappa shape index (κ3) is 6.21. The van der Waals surface area contributed by atoms with Crippen molar-refractivity contribution in [2.75, 3.05) is 32.7 Å². The summed E-state index contributed by atoms with van der Waals surface area (Å²) in [6, 6.07) is 9.50. The Hall–Kier alpha value is -3.08. The molecular weight excluding hydrogens is 380 g/mol. The molecule has 2 saturated heterocycles. The molecule has 2 heterocycles. The van der Waals surface area contributed by atoms with Crippen LogP contribution in [0.3, 0.4) is 0 Å². The van der Waals surface area contributed by atoms with E-state index in [4.69, 9.17) is 5.26 Å². The van der Waals surface area contributed by atoms with Crippen molar-refractivity contribution in [1.29, 1.82) is 5.26 Å². The first-order chi connectivity index (χ1) is 14.7. The zero-order valence-electron chi connectivity index (χ0n) is 17.3. The minimum atomic E-state index is -0.491. The van der Waals surface area contributed by atoms with Gasteiger partial charge in [0.05, 0.1) is 6.54 Å². The number of carbonyl (C=O) groups is 2. The zero-order valence-corrected chi connectivity index (χ0v) is 17.3. The number of hydrogen-bond acceptors (Lipinski definition) is 4. The largest absolute Gasteiger partial charge is 0.344 e. The summed E-state index contributed by atoms with van der Waals surface area (Å²) in [5.41, 5.74) is 1.16. The number of guanidine groups is 1. The van der Waals surface area contributed by atoms with Crippen molar-refractivity contribution in [3.05, 3.63) is 35.9 Å². The second-order valence-corrected chi connectivity index (χ2v) is 7.74. The molecule has 2 N–H and O–H groups in total. The lowest BCUT2D eigenvalue weighted by molar-refractivity contribution is -0.140. The molecule has 160 valence electrons. The Morgan fingerprint density at radius 3 is 2.60 bits per heavy atom. The average molecular weight is 411 g/mol. The Balaban J connectivity index is 1.59. The summed E-state index contributed by atoms with van der Waals surface area (Å²) >= 11 is 0. The zero-order chi connectivity index (χ0) is 21.2. The van der Waals surface area contributed by atoms with Crippen molar-refractivity contribution in [2.45, 2.75) is 44.6 Å². The third-order valence-corrected chi connectivity index (χ3v) is 5.56. The SMILES string of the molecule is N#CNC(=NCCc1ccccc1)NC1CCCCN(CC(=O)N2CCCC2)C1=O. The van der Waals surface area contributed by atoms with Crippen molar-refractivity contribution < 1.29 is 9.59 Å². The van der Waals surface area contributed by atoms with Crippen LogP contribution >= 0.6 is 0 Å². The van der Waals surface area contributed by atoms with Crippen LogP contribution in [0.1, 0.15) is 37.7 Å². The molecule has 0 saturated carbocycles. The number of hydrogen-bond donors (Lipinski definition) is 2. The van der Waals surface area contributed by atoms with Crippen LogP contribution in [0.15, 0.2) is 35.3 Å². The maximum absolute atomic E-state index is 13.1. The van der Waals surface area contributed by atoms with E-state index >= 15 is 0 Å². The maximum atomic E-state index is 13.1. The lowest BCUT2D eigenvalue weighted by Gasteiger charge is -2.27. The van der Waals surface area contributed by atoms with Crippen LogP contribution in [-0.2, 0) is 16.0 Å². The number of benzene rings is 1. The third-order valence-electron chi connectivity index (χ3n) is 5.56. The second-order valence-electron chi connectivity index (χ2n) is 7.74. The van der Waals surface area contributed by atoms with E-state index in [1.807, 2.05) is 41.4 Å². The molecular formula is C22H30N6O2. The van der Waals surface area contributed by atoms with Crippen LogP contribution in [0, 0.1) is 11.5 Å². The number of nitriles is 1. The fourth-order valence-corrected chi connectivity index (χ4v) is 3.91. The molecule has 3 rings (SSSR count). The summed E-state index contributed by atoms with van der Waals surface area (Å²) in [5, 5.41) is 14.7. The normalized spacial score (nSPS) is 19.9. The lowest BCUT2D eigenvalue weighted by Crippen LogP contribution is -2.52. The Morgan fingerprint density at radius 1 is 1.13 bits per heavy atom. The highest BCUT2D eigenvalue weighted by Crippen LogP contribution is 2.14. The fourth-order valence-electron chi connectivity index (χ4n) is 3.91. The smallest absolute Gasteiger partial charge is 0.245 e. The monoisotopic (exact) mass is 410 g/mol. The lowest BCUT2D eigenvalue weighted by atomic mass is 10.1. The van der Waals surface area contributed by atoms with E-state index in [1.165, 1.54) is 0 Å². The number of aliphatic imine (C=N–C) groups is 1. The van der Waals surface area contributed by atoms with Gasteiger partial charge in [0.15, 0.2) is 6.19 Å². The fraction of sp³-hybridized carbons (Fsp3) is 0.545. The first-order valence-corrected chi connectivity index (χ1v) is 10.7. The van der Waals surface area contributed by atoms with Gasteiger partial charge in [-0.1, -0.05) is 30.3 Å². The Labute approximate surface area is 177 Å². The summed E-state index contributed by atoms with van der Waals surface area (Å²) in [5.74, 6) is 0.225. The van der Waals surface area contributed by atoms with E-state index in [9.17, 15) is 9.59 Å². The van der Waals surface area contributed by atoms with Gasteiger partial charge in [0, 0.05) is 26.2 Å². The highest BCUT2D eigenvalue weighted by Gasteiger charge is 2.30. The van der Waals surface area contributed by atoms with Gasteiger partial charge in [0.25, 0.3) is 0 Å². The summed E-state index contributed by atoms with van der Waals surface area (Å²) in [7, 11) is 0. The average Bonchev–Trinajstić information content (AvgIpc) is 3.25. The molecule has 2 aliphatic rings. The molecule has 0 spiro atoms. The summed E-state index contributed by atoms with van der Waals surface area (Å²) in [4.78, 5) is 33.5. The van der Waals surface area contributed by atoms with Crippen molar-refractivity contribution in [1.82, 2.24) is 20.4 Å². The van der Waals surface area contributed by atoms with Crippen LogP contribution in [0.4, 0.5) is 0 Å². The van der Waals surface area contributed by atoms with Gasteiger partial charge >= 0.3 is 0 Å². The van der Waals surface area contributed by atoms with Gasteiger partial charge in [0.2, 0.25) is 17.8 Å². The van der Waals surface area contributed by atoms with E-state index in [0.717, 1.165) is 50.8 Å². The van der Waals surface area contributed by atoms with Crippen molar-refractivity contribution in [2.24, 2.45) is 4.99 Å². The molecule has 8 nitrogen and oxygen atoms in total. The van der Waals surface area contributed by atoms with E-state index in [1.54, 1.807) is 4.90 Å². The first kappa shape index (κ1) is 21.6. The standard InChI is InChI=1S/C22H30N6O2/c23-17-25-22(24-12-11-18-8-2-1-3-9-18)26-19-10-4-5-15-28(21(19)30)16-20(29)27-13-6-7-14-27/h1-3,8-9,19H,4-7,10-16H2,(H2,24,25,26). The predicted molar refractivity (Wildman–Crippen MR) is 114 cm³/mol. The Morgan fingerprint density at radius 2 is 1.87 bits per heavy atom. The topological polar surface area (TPSA) is 101 Å². The highest BCUT2D eigenvalue weighted by atomic mass is 16.2. The highest BCUT2D eigenvalue weighted by molar-refractivity contribution is 5.92. The molecule has 0 bridgehead atoms. The van der Waals surface area contributed by atoms with E-state index in [-0.39, 0.29) is 18.4 Å². The molecule has 30 heavy (non-hydrogen) atoms. The second kappa shape index (κ2) is 11.2. The molecule has 1 unspecified atom stereocenters. The van der Waals surface area contributed by atoms with Crippen LogP contribution in [-0.4, -0.2) is 66.3 Å². The van der Waals surface area contributed by atoms with Gasteiger partial charge in [-0.05, 0) is 44.1 Å². The van der Waals surface area contributed by atoms with Gasteiger partial charge in [-0.2, -0.15) is 5.26 Å². The van der Waals surface area contributed by atoms with Crippen molar-refractivity contribution >= 4 is 17.8 Å². The van der Waals surface area contributed by atoms with E-state index < -0.39 is 6.04 Å². The van der Waals surface area contributed by atoms with Crippen LogP contribution in [0.5, 0.6) is 0 Å². The molecule has 0 radical (unpaired) electrons. The Kier molecular flexibility index (Phi) is 8.07. The molecule has 1 aromatic rings. The number of likely N-dealkylation sites (tertiary alicyclic amines) is 2. The molecule has 0 aliphatic carbocycles. The van der Waals surface area contributed by atoms with Crippen molar-refractivity contribution in [3.63, 3.8) is 0 Å². The number of nitrogens with one attached hydrogen (secondary N) is 2. The van der Waals surface area contributed by atoms with E-state index in [0.29, 0.717) is 25.5 Å². The number of carbonyl (C=O) groups excluding carboxylic acids is 2. The number of nitrogens with zero attached hydrogens (tertiary/aromatic N) is 4. The number of amides is 2. The van der Waals surface area contributed by atoms with Crippen LogP contribution in [0.25, 0.3) is 0 Å². The predicted octanol–water partition coefficient (Wildman–Crippen LogP) is 1.25. The van der Waals surface area contributed by atoms with Gasteiger partial charge in [-0.3, -0.25) is 19.9 Å². The summed E-state index contributed by atoms with van der Waals surface area (Å²) < 4.78 is 0. The minimum absolute atomic E-state index is 0.0217. The quantitative estimate of drug-likeness (QED) is 0.318. The minimum Gasteiger partial charge on any atom is -0.344 e. The van der Waals surface area contributed by atoms with Gasteiger partial charge in [-0.25, -0.2) is 0 Å². The first-order valence-electron chi connectivity index (χ1n) is 10.7. The molecule has 2 fully saturated rings. The molecule has 8 heteroatoms. The molecule has 1 atom stereocenters. The summed E-state index contributed by atoms with van der Waals surface area (Å²) in [6.45, 7) is 2.78. The molecule has 1 aromatic carbocycles. The number of rotatable bonds is 6. The van der Waals surface area contributed by atoms with Crippen LogP contribution in [0.2, 0.25) is 0 Å². The Bertz CT molecular complexity index is 783.